The van der Waals surface area contributed by atoms with Gasteiger partial charge in [-0.3, -0.25) is 14.6 Å². The number of halogens is 1. The van der Waals surface area contributed by atoms with E-state index in [9.17, 15) is 14.4 Å². The summed E-state index contributed by atoms with van der Waals surface area (Å²) in [5, 5.41) is 3.34. The lowest BCUT2D eigenvalue weighted by Gasteiger charge is -2.39. The van der Waals surface area contributed by atoms with Crippen molar-refractivity contribution < 1.29 is 28.6 Å². The van der Waals surface area contributed by atoms with E-state index in [4.69, 9.17) is 25.8 Å². The SMILES string of the molecule is CCOC(=O)C1=C(CN2CCN(C(=O)c3ccccc3Cl)CC2)N(C)C(=O)N[C@@H]1c1cccc(OC)c1OC. The van der Waals surface area contributed by atoms with E-state index in [1.165, 1.54) is 19.1 Å². The quantitative estimate of drug-likeness (QED) is 0.498. The molecule has 0 radical (unpaired) electrons. The smallest absolute Gasteiger partial charge is 0.338 e. The number of esters is 1. The van der Waals surface area contributed by atoms with E-state index in [0.717, 1.165) is 0 Å². The minimum absolute atomic E-state index is 0.119. The number of ether oxygens (including phenoxy) is 3. The fourth-order valence-electron chi connectivity index (χ4n) is 4.90. The first-order valence-corrected chi connectivity index (χ1v) is 13.1. The summed E-state index contributed by atoms with van der Waals surface area (Å²) >= 11 is 6.23. The summed E-state index contributed by atoms with van der Waals surface area (Å²) in [4.78, 5) is 44.8. The van der Waals surface area contributed by atoms with Crippen molar-refractivity contribution in [2.45, 2.75) is 13.0 Å². The number of rotatable bonds is 8. The summed E-state index contributed by atoms with van der Waals surface area (Å²) in [5.41, 5.74) is 1.89. The van der Waals surface area contributed by atoms with Gasteiger partial charge in [-0.1, -0.05) is 35.9 Å². The summed E-state index contributed by atoms with van der Waals surface area (Å²) in [6.45, 7) is 4.30. The maximum Gasteiger partial charge on any atom is 0.338 e. The third kappa shape index (κ3) is 5.81. The van der Waals surface area contributed by atoms with Gasteiger partial charge in [-0.2, -0.15) is 0 Å². The molecule has 0 spiro atoms. The van der Waals surface area contributed by atoms with Crippen molar-refractivity contribution in [3.05, 3.63) is 69.9 Å². The van der Waals surface area contributed by atoms with E-state index in [2.05, 4.69) is 10.2 Å². The molecule has 1 fully saturated rings. The molecule has 0 aromatic heterocycles. The Morgan fingerprint density at radius 1 is 1.03 bits per heavy atom. The van der Waals surface area contributed by atoms with Crippen LogP contribution in [0.1, 0.15) is 28.9 Å². The van der Waals surface area contributed by atoms with Gasteiger partial charge in [0.15, 0.2) is 11.5 Å². The number of para-hydroxylation sites is 1. The van der Waals surface area contributed by atoms with Crippen LogP contribution in [0.2, 0.25) is 5.02 Å². The standard InChI is InChI=1S/C28H33ClN4O6/c1-5-39-27(35)23-21(17-32-13-15-33(16-14-32)26(34)18-9-6-7-11-20(18)29)31(2)28(36)30-24(23)19-10-8-12-22(37-3)25(19)38-4/h6-12,24H,5,13-17H2,1-4H3,(H,30,36)/t24-/m1/s1. The first kappa shape index (κ1) is 28.3. The molecule has 3 amide bonds. The van der Waals surface area contributed by atoms with Gasteiger partial charge in [0.2, 0.25) is 0 Å². The Balaban J connectivity index is 1.63. The number of piperazine rings is 1. The molecular formula is C28H33ClN4O6. The minimum Gasteiger partial charge on any atom is -0.493 e. The highest BCUT2D eigenvalue weighted by atomic mass is 35.5. The van der Waals surface area contributed by atoms with Crippen molar-refractivity contribution >= 4 is 29.5 Å². The fraction of sp³-hybridized carbons (Fsp3) is 0.393. The van der Waals surface area contributed by atoms with Gasteiger partial charge in [-0.15, -0.1) is 0 Å². The zero-order valence-electron chi connectivity index (χ0n) is 22.5. The highest BCUT2D eigenvalue weighted by Crippen LogP contribution is 2.40. The van der Waals surface area contributed by atoms with Crippen LogP contribution in [-0.4, -0.2) is 93.2 Å². The second kappa shape index (κ2) is 12.4. The van der Waals surface area contributed by atoms with E-state index in [0.29, 0.717) is 71.6 Å². The molecule has 11 heteroatoms. The van der Waals surface area contributed by atoms with E-state index < -0.39 is 12.0 Å². The largest absolute Gasteiger partial charge is 0.493 e. The highest BCUT2D eigenvalue weighted by Gasteiger charge is 2.39. The Kier molecular flexibility index (Phi) is 8.98. The van der Waals surface area contributed by atoms with Crippen LogP contribution in [0.15, 0.2) is 53.7 Å². The van der Waals surface area contributed by atoms with Crippen LogP contribution >= 0.6 is 11.6 Å². The number of benzene rings is 2. The molecule has 2 aliphatic rings. The molecule has 0 saturated carbocycles. The summed E-state index contributed by atoms with van der Waals surface area (Å²) in [6, 6.07) is 11.1. The Hall–Kier alpha value is -3.76. The number of hydrogen-bond acceptors (Lipinski definition) is 7. The number of nitrogens with one attached hydrogen (secondary N) is 1. The van der Waals surface area contributed by atoms with Gasteiger partial charge < -0.3 is 24.4 Å². The van der Waals surface area contributed by atoms with E-state index in [1.807, 2.05) is 0 Å². The maximum atomic E-state index is 13.4. The number of urea groups is 1. The van der Waals surface area contributed by atoms with E-state index in [-0.39, 0.29) is 18.5 Å². The van der Waals surface area contributed by atoms with Crippen molar-refractivity contribution in [2.75, 3.05) is 60.6 Å². The van der Waals surface area contributed by atoms with Crippen LogP contribution in [0.5, 0.6) is 11.5 Å². The molecule has 2 aromatic carbocycles. The average Bonchev–Trinajstić information content (AvgIpc) is 2.95. The predicted molar refractivity (Wildman–Crippen MR) is 146 cm³/mol. The molecule has 39 heavy (non-hydrogen) atoms. The molecule has 10 nitrogen and oxygen atoms in total. The van der Waals surface area contributed by atoms with Gasteiger partial charge in [0.05, 0.1) is 43.0 Å². The number of carbonyl (C=O) groups excluding carboxylic acids is 3. The van der Waals surface area contributed by atoms with Crippen LogP contribution in [0.3, 0.4) is 0 Å². The van der Waals surface area contributed by atoms with Crippen LogP contribution in [0.4, 0.5) is 4.79 Å². The lowest BCUT2D eigenvalue weighted by atomic mass is 9.93. The molecule has 2 aromatic rings. The van der Waals surface area contributed by atoms with Gasteiger partial charge in [-0.25, -0.2) is 9.59 Å². The van der Waals surface area contributed by atoms with Crippen molar-refractivity contribution in [1.29, 1.82) is 0 Å². The number of nitrogens with zero attached hydrogens (tertiary/aromatic N) is 3. The lowest BCUT2D eigenvalue weighted by molar-refractivity contribution is -0.139. The first-order chi connectivity index (χ1) is 18.8. The molecule has 2 heterocycles. The topological polar surface area (TPSA) is 101 Å². The molecule has 1 N–H and O–H groups in total. The summed E-state index contributed by atoms with van der Waals surface area (Å²) < 4.78 is 16.5. The van der Waals surface area contributed by atoms with Gasteiger partial charge >= 0.3 is 12.0 Å². The second-order valence-electron chi connectivity index (χ2n) is 9.15. The molecule has 0 aliphatic carbocycles. The minimum atomic E-state index is -0.809. The maximum absolute atomic E-state index is 13.4. The van der Waals surface area contributed by atoms with Crippen LogP contribution in [-0.2, 0) is 9.53 Å². The lowest BCUT2D eigenvalue weighted by Crippen LogP contribution is -2.53. The Morgan fingerprint density at radius 2 is 1.74 bits per heavy atom. The zero-order valence-corrected chi connectivity index (χ0v) is 23.3. The molecule has 0 bridgehead atoms. The van der Waals surface area contributed by atoms with Gasteiger partial charge in [0.1, 0.15) is 0 Å². The van der Waals surface area contributed by atoms with Crippen LogP contribution < -0.4 is 14.8 Å². The summed E-state index contributed by atoms with van der Waals surface area (Å²) in [7, 11) is 4.66. The summed E-state index contributed by atoms with van der Waals surface area (Å²) in [5.74, 6) is 0.253. The van der Waals surface area contributed by atoms with Crippen LogP contribution in [0, 0.1) is 0 Å². The van der Waals surface area contributed by atoms with E-state index >= 15 is 0 Å². The monoisotopic (exact) mass is 556 g/mol. The number of methoxy groups -OCH3 is 2. The van der Waals surface area contributed by atoms with Crippen molar-refractivity contribution in [1.82, 2.24) is 20.0 Å². The fourth-order valence-corrected chi connectivity index (χ4v) is 5.11. The first-order valence-electron chi connectivity index (χ1n) is 12.7. The Labute approximate surface area is 233 Å². The van der Waals surface area contributed by atoms with Gasteiger partial charge in [0, 0.05) is 51.0 Å². The second-order valence-corrected chi connectivity index (χ2v) is 9.56. The normalized spacial score (nSPS) is 18.1. The third-order valence-corrected chi connectivity index (χ3v) is 7.28. The van der Waals surface area contributed by atoms with Crippen molar-refractivity contribution in [3.8, 4) is 11.5 Å². The highest BCUT2D eigenvalue weighted by molar-refractivity contribution is 6.33. The van der Waals surface area contributed by atoms with Crippen molar-refractivity contribution in [3.63, 3.8) is 0 Å². The molecule has 4 rings (SSSR count). The Morgan fingerprint density at radius 3 is 2.38 bits per heavy atom. The number of amides is 3. The third-order valence-electron chi connectivity index (χ3n) is 6.95. The molecule has 208 valence electrons. The van der Waals surface area contributed by atoms with Crippen LogP contribution in [0.25, 0.3) is 0 Å². The van der Waals surface area contributed by atoms with E-state index in [1.54, 1.807) is 61.3 Å². The zero-order chi connectivity index (χ0) is 28.1. The Bertz CT molecular complexity index is 1270. The number of carbonyl (C=O) groups is 3. The van der Waals surface area contributed by atoms with Gasteiger partial charge in [-0.05, 0) is 25.1 Å². The molecule has 0 unspecified atom stereocenters. The van der Waals surface area contributed by atoms with Gasteiger partial charge in [0.25, 0.3) is 5.91 Å². The summed E-state index contributed by atoms with van der Waals surface area (Å²) in [6.07, 6.45) is 0. The molecular weight excluding hydrogens is 524 g/mol. The molecule has 1 atom stereocenters. The molecule has 1 saturated heterocycles. The average molecular weight is 557 g/mol. The van der Waals surface area contributed by atoms with Crippen molar-refractivity contribution in [2.24, 2.45) is 0 Å². The predicted octanol–water partition coefficient (Wildman–Crippen LogP) is 3.33. The molecule has 2 aliphatic heterocycles. The number of likely N-dealkylation sites (N-methyl/N-ethyl adjacent to an activating group) is 1. The number of hydrogen-bond donors (Lipinski definition) is 1.